The Balaban J connectivity index is 2.40. The summed E-state index contributed by atoms with van der Waals surface area (Å²) >= 11 is 0. The third kappa shape index (κ3) is 2.01. The minimum atomic E-state index is -0.226. The summed E-state index contributed by atoms with van der Waals surface area (Å²) in [6.07, 6.45) is 3.45. The van der Waals surface area contributed by atoms with Gasteiger partial charge in [-0.3, -0.25) is 0 Å². The van der Waals surface area contributed by atoms with E-state index in [1.165, 1.54) is 6.42 Å². The van der Waals surface area contributed by atoms with Gasteiger partial charge in [-0.05, 0) is 32.6 Å². The second kappa shape index (κ2) is 4.25. The minimum absolute atomic E-state index is 0.226. The standard InChI is InChI=1S/C14H21NO2/c1-9-5-6-12-10(7-9)11(8-15)13(16-4)17-14(12,2)3/h9-10,12H,5-7H2,1-4H3/t9-,10+,12-/m1/s1. The number of methoxy groups -OCH3 is 1. The van der Waals surface area contributed by atoms with Crippen molar-refractivity contribution >= 4 is 0 Å². The Kier molecular flexibility index (Phi) is 3.07. The Morgan fingerprint density at radius 2 is 2.12 bits per heavy atom. The van der Waals surface area contributed by atoms with Crippen LogP contribution in [-0.4, -0.2) is 12.7 Å². The molecule has 1 aliphatic heterocycles. The molecule has 2 aliphatic rings. The zero-order valence-electron chi connectivity index (χ0n) is 11.1. The quantitative estimate of drug-likeness (QED) is 0.700. The van der Waals surface area contributed by atoms with Gasteiger partial charge in [0.05, 0.1) is 7.11 Å². The minimum Gasteiger partial charge on any atom is -0.468 e. The predicted octanol–water partition coefficient (Wildman–Crippen LogP) is 3.23. The van der Waals surface area contributed by atoms with Crippen LogP contribution in [0.2, 0.25) is 0 Å². The average Bonchev–Trinajstić information content (AvgIpc) is 2.27. The number of ether oxygens (including phenoxy) is 2. The highest BCUT2D eigenvalue weighted by Gasteiger charge is 2.47. The summed E-state index contributed by atoms with van der Waals surface area (Å²) in [4.78, 5) is 0. The highest BCUT2D eigenvalue weighted by Crippen LogP contribution is 2.49. The smallest absolute Gasteiger partial charge is 0.294 e. The molecule has 0 spiro atoms. The first-order valence-corrected chi connectivity index (χ1v) is 6.37. The molecule has 0 radical (unpaired) electrons. The lowest BCUT2D eigenvalue weighted by Crippen LogP contribution is -2.46. The van der Waals surface area contributed by atoms with Gasteiger partial charge in [-0.25, -0.2) is 0 Å². The van der Waals surface area contributed by atoms with Crippen LogP contribution in [0.1, 0.15) is 40.0 Å². The normalized spacial score (nSPS) is 35.6. The van der Waals surface area contributed by atoms with Crippen LogP contribution in [0.3, 0.4) is 0 Å². The van der Waals surface area contributed by atoms with Crippen molar-refractivity contribution in [2.75, 3.05) is 7.11 Å². The molecule has 3 heteroatoms. The summed E-state index contributed by atoms with van der Waals surface area (Å²) < 4.78 is 11.1. The van der Waals surface area contributed by atoms with Crippen molar-refractivity contribution in [2.45, 2.75) is 45.6 Å². The summed E-state index contributed by atoms with van der Waals surface area (Å²) in [6.45, 7) is 6.47. The van der Waals surface area contributed by atoms with Crippen LogP contribution in [0.4, 0.5) is 0 Å². The van der Waals surface area contributed by atoms with Gasteiger partial charge in [-0.2, -0.15) is 5.26 Å². The number of fused-ring (bicyclic) bond motifs is 1. The maximum absolute atomic E-state index is 9.32. The van der Waals surface area contributed by atoms with Gasteiger partial charge in [0.25, 0.3) is 5.95 Å². The lowest BCUT2D eigenvalue weighted by atomic mass is 9.65. The van der Waals surface area contributed by atoms with E-state index in [2.05, 4.69) is 26.8 Å². The molecule has 1 saturated carbocycles. The first kappa shape index (κ1) is 12.3. The molecule has 0 amide bonds. The monoisotopic (exact) mass is 235 g/mol. The highest BCUT2D eigenvalue weighted by atomic mass is 16.7. The van der Waals surface area contributed by atoms with E-state index < -0.39 is 0 Å². The highest BCUT2D eigenvalue weighted by molar-refractivity contribution is 5.29. The molecule has 0 N–H and O–H groups in total. The summed E-state index contributed by atoms with van der Waals surface area (Å²) in [5.74, 6) is 1.87. The lowest BCUT2D eigenvalue weighted by Gasteiger charge is -2.47. The Hall–Kier alpha value is -1.17. The summed E-state index contributed by atoms with van der Waals surface area (Å²) in [5.41, 5.74) is 0.486. The number of allylic oxidation sites excluding steroid dienone is 1. The van der Waals surface area contributed by atoms with Gasteiger partial charge in [0.2, 0.25) is 0 Å². The maximum Gasteiger partial charge on any atom is 0.294 e. The molecule has 0 aromatic carbocycles. The van der Waals surface area contributed by atoms with Gasteiger partial charge >= 0.3 is 0 Å². The molecule has 0 unspecified atom stereocenters. The van der Waals surface area contributed by atoms with E-state index in [4.69, 9.17) is 9.47 Å². The topological polar surface area (TPSA) is 42.2 Å². The SMILES string of the molecule is COC1=C(C#N)[C@@H]2C[C@H](C)CC[C@H]2C(C)(C)O1. The Morgan fingerprint density at radius 3 is 2.71 bits per heavy atom. The second-order valence-electron chi connectivity index (χ2n) is 5.85. The van der Waals surface area contributed by atoms with E-state index in [1.54, 1.807) is 7.11 Å². The molecule has 2 rings (SSSR count). The molecule has 1 heterocycles. The van der Waals surface area contributed by atoms with Crippen LogP contribution in [0.25, 0.3) is 0 Å². The van der Waals surface area contributed by atoms with E-state index in [-0.39, 0.29) is 5.60 Å². The summed E-state index contributed by atoms with van der Waals surface area (Å²) in [7, 11) is 1.58. The molecule has 94 valence electrons. The fourth-order valence-corrected chi connectivity index (χ4v) is 3.33. The average molecular weight is 235 g/mol. The largest absolute Gasteiger partial charge is 0.468 e. The zero-order valence-corrected chi connectivity index (χ0v) is 11.1. The fraction of sp³-hybridized carbons (Fsp3) is 0.786. The van der Waals surface area contributed by atoms with E-state index in [1.807, 2.05) is 0 Å². The van der Waals surface area contributed by atoms with Crippen molar-refractivity contribution in [2.24, 2.45) is 17.8 Å². The molecular formula is C14H21NO2. The van der Waals surface area contributed by atoms with Crippen molar-refractivity contribution in [3.05, 3.63) is 11.5 Å². The van der Waals surface area contributed by atoms with Crippen LogP contribution in [0, 0.1) is 29.1 Å². The van der Waals surface area contributed by atoms with Gasteiger partial charge in [0.15, 0.2) is 0 Å². The Labute approximate surface area is 103 Å². The molecule has 1 fully saturated rings. The van der Waals surface area contributed by atoms with Crippen molar-refractivity contribution in [3.8, 4) is 6.07 Å². The lowest BCUT2D eigenvalue weighted by molar-refractivity contribution is -0.119. The number of hydrogen-bond donors (Lipinski definition) is 0. The maximum atomic E-state index is 9.32. The van der Waals surface area contributed by atoms with Crippen LogP contribution < -0.4 is 0 Å². The van der Waals surface area contributed by atoms with Crippen LogP contribution in [0.5, 0.6) is 0 Å². The fourth-order valence-electron chi connectivity index (χ4n) is 3.33. The molecule has 3 atom stereocenters. The molecular weight excluding hydrogens is 214 g/mol. The molecule has 0 aromatic rings. The van der Waals surface area contributed by atoms with E-state index >= 15 is 0 Å². The molecule has 3 nitrogen and oxygen atoms in total. The van der Waals surface area contributed by atoms with E-state index in [9.17, 15) is 5.26 Å². The molecule has 0 aromatic heterocycles. The number of nitrogens with zero attached hydrogens (tertiary/aromatic N) is 1. The van der Waals surface area contributed by atoms with Crippen molar-refractivity contribution < 1.29 is 9.47 Å². The van der Waals surface area contributed by atoms with Crippen LogP contribution in [0.15, 0.2) is 11.5 Å². The first-order valence-electron chi connectivity index (χ1n) is 6.37. The third-order valence-electron chi connectivity index (χ3n) is 4.26. The van der Waals surface area contributed by atoms with Gasteiger partial charge < -0.3 is 9.47 Å². The van der Waals surface area contributed by atoms with Crippen molar-refractivity contribution in [1.82, 2.24) is 0 Å². The second-order valence-corrected chi connectivity index (χ2v) is 5.85. The van der Waals surface area contributed by atoms with Crippen molar-refractivity contribution in [1.29, 1.82) is 5.26 Å². The predicted molar refractivity (Wildman–Crippen MR) is 64.8 cm³/mol. The Bertz CT molecular complexity index is 378. The van der Waals surface area contributed by atoms with E-state index in [0.717, 1.165) is 12.8 Å². The van der Waals surface area contributed by atoms with Gasteiger partial charge in [0.1, 0.15) is 17.2 Å². The van der Waals surface area contributed by atoms with Gasteiger partial charge in [-0.15, -0.1) is 0 Å². The van der Waals surface area contributed by atoms with Gasteiger partial charge in [0, 0.05) is 11.8 Å². The van der Waals surface area contributed by atoms with Crippen LogP contribution in [-0.2, 0) is 9.47 Å². The number of rotatable bonds is 1. The third-order valence-corrected chi connectivity index (χ3v) is 4.26. The number of hydrogen-bond acceptors (Lipinski definition) is 3. The van der Waals surface area contributed by atoms with Gasteiger partial charge in [-0.1, -0.05) is 13.3 Å². The molecule has 0 saturated heterocycles. The van der Waals surface area contributed by atoms with Crippen molar-refractivity contribution in [3.63, 3.8) is 0 Å². The molecule has 17 heavy (non-hydrogen) atoms. The first-order chi connectivity index (χ1) is 7.99. The van der Waals surface area contributed by atoms with E-state index in [0.29, 0.717) is 29.3 Å². The summed E-state index contributed by atoms with van der Waals surface area (Å²) in [6, 6.07) is 2.29. The Morgan fingerprint density at radius 1 is 1.41 bits per heavy atom. The summed E-state index contributed by atoms with van der Waals surface area (Å²) in [5, 5.41) is 9.32. The molecule has 1 aliphatic carbocycles. The molecule has 0 bridgehead atoms. The zero-order chi connectivity index (χ0) is 12.6. The number of nitriles is 1. The van der Waals surface area contributed by atoms with Crippen LogP contribution >= 0.6 is 0 Å².